The molecule has 1 aromatic rings. The molecule has 0 aliphatic heterocycles. The van der Waals surface area contributed by atoms with Crippen molar-refractivity contribution in [1.29, 1.82) is 0 Å². The van der Waals surface area contributed by atoms with Gasteiger partial charge in [0.1, 0.15) is 0 Å². The van der Waals surface area contributed by atoms with E-state index in [4.69, 9.17) is 5.73 Å². The molecule has 2 atom stereocenters. The lowest BCUT2D eigenvalue weighted by atomic mass is 10.2. The largest absolute Gasteiger partial charge is 0.399 e. The standard InChI is InChI=1S/C12H17BrN2O2S/c1-2-3-8-6-11(8)15-18(16,17)12-5-4-9(14)7-10(12)13/h4-5,7-8,11,15H,2-3,6,14H2,1H3. The Hall–Kier alpha value is -0.590. The first-order chi connectivity index (χ1) is 8.44. The van der Waals surface area contributed by atoms with Crippen molar-refractivity contribution in [2.75, 3.05) is 5.73 Å². The lowest BCUT2D eigenvalue weighted by molar-refractivity contribution is 0.572. The number of rotatable bonds is 5. The van der Waals surface area contributed by atoms with E-state index in [0.717, 1.165) is 19.3 Å². The average Bonchev–Trinajstić information content (AvgIpc) is 2.95. The van der Waals surface area contributed by atoms with Crippen LogP contribution in [0, 0.1) is 5.92 Å². The molecule has 1 aromatic carbocycles. The van der Waals surface area contributed by atoms with Crippen molar-refractivity contribution >= 4 is 31.6 Å². The van der Waals surface area contributed by atoms with Crippen LogP contribution in [0.25, 0.3) is 0 Å². The number of benzene rings is 1. The van der Waals surface area contributed by atoms with Crippen LogP contribution in [-0.4, -0.2) is 14.5 Å². The maximum Gasteiger partial charge on any atom is 0.241 e. The average molecular weight is 333 g/mol. The highest BCUT2D eigenvalue weighted by atomic mass is 79.9. The molecule has 6 heteroatoms. The molecule has 18 heavy (non-hydrogen) atoms. The second-order valence-corrected chi connectivity index (χ2v) is 7.24. The first kappa shape index (κ1) is 13.8. The molecular weight excluding hydrogens is 316 g/mol. The lowest BCUT2D eigenvalue weighted by Crippen LogP contribution is -2.27. The Bertz CT molecular complexity index is 545. The lowest BCUT2D eigenvalue weighted by Gasteiger charge is -2.08. The summed E-state index contributed by atoms with van der Waals surface area (Å²) < 4.78 is 27.6. The van der Waals surface area contributed by atoms with Crippen LogP contribution in [0.3, 0.4) is 0 Å². The minimum atomic E-state index is -3.45. The molecule has 0 spiro atoms. The number of nitrogens with one attached hydrogen (secondary N) is 1. The second-order valence-electron chi connectivity index (χ2n) is 4.70. The normalized spacial score (nSPS) is 23.0. The second kappa shape index (κ2) is 5.19. The number of hydrogen-bond acceptors (Lipinski definition) is 3. The number of sulfonamides is 1. The Balaban J connectivity index is 2.12. The molecule has 0 amide bonds. The monoisotopic (exact) mass is 332 g/mol. The molecule has 3 N–H and O–H groups in total. The third-order valence-corrected chi connectivity index (χ3v) is 5.60. The molecule has 0 bridgehead atoms. The van der Waals surface area contributed by atoms with Gasteiger partial charge in [-0.25, -0.2) is 13.1 Å². The number of nitrogen functional groups attached to an aromatic ring is 1. The Kier molecular flexibility index (Phi) is 3.99. The van der Waals surface area contributed by atoms with E-state index >= 15 is 0 Å². The summed E-state index contributed by atoms with van der Waals surface area (Å²) in [5, 5.41) is 0. The van der Waals surface area contributed by atoms with Gasteiger partial charge in [0, 0.05) is 16.2 Å². The summed E-state index contributed by atoms with van der Waals surface area (Å²) in [6.45, 7) is 2.11. The summed E-state index contributed by atoms with van der Waals surface area (Å²) in [6.07, 6.45) is 3.12. The molecule has 1 saturated carbocycles. The van der Waals surface area contributed by atoms with Crippen LogP contribution in [0.5, 0.6) is 0 Å². The summed E-state index contributed by atoms with van der Waals surface area (Å²) in [7, 11) is -3.45. The van der Waals surface area contributed by atoms with E-state index in [2.05, 4.69) is 27.6 Å². The molecule has 0 saturated heterocycles. The molecule has 1 aliphatic rings. The number of nitrogens with two attached hydrogens (primary N) is 1. The maximum atomic E-state index is 12.2. The van der Waals surface area contributed by atoms with Gasteiger partial charge in [-0.05, 0) is 52.9 Å². The van der Waals surface area contributed by atoms with Gasteiger partial charge in [0.15, 0.2) is 0 Å². The van der Waals surface area contributed by atoms with Crippen molar-refractivity contribution in [3.05, 3.63) is 22.7 Å². The number of hydrogen-bond donors (Lipinski definition) is 2. The number of anilines is 1. The van der Waals surface area contributed by atoms with Crippen LogP contribution >= 0.6 is 15.9 Å². The molecule has 2 unspecified atom stereocenters. The van der Waals surface area contributed by atoms with Gasteiger partial charge in [-0.3, -0.25) is 0 Å². The van der Waals surface area contributed by atoms with Crippen LogP contribution in [0.1, 0.15) is 26.2 Å². The Morgan fingerprint density at radius 1 is 1.50 bits per heavy atom. The SMILES string of the molecule is CCCC1CC1NS(=O)(=O)c1ccc(N)cc1Br. The summed E-state index contributed by atoms with van der Waals surface area (Å²) >= 11 is 3.24. The predicted molar refractivity (Wildman–Crippen MR) is 75.7 cm³/mol. The van der Waals surface area contributed by atoms with Crippen molar-refractivity contribution in [1.82, 2.24) is 4.72 Å². The van der Waals surface area contributed by atoms with Gasteiger partial charge in [0.2, 0.25) is 10.0 Å². The third kappa shape index (κ3) is 3.05. The quantitative estimate of drug-likeness (QED) is 0.813. The first-order valence-electron chi connectivity index (χ1n) is 6.01. The van der Waals surface area contributed by atoms with E-state index in [1.54, 1.807) is 12.1 Å². The predicted octanol–water partition coefficient (Wildman–Crippen LogP) is 2.50. The van der Waals surface area contributed by atoms with Gasteiger partial charge < -0.3 is 5.73 Å². The van der Waals surface area contributed by atoms with Gasteiger partial charge in [0.25, 0.3) is 0 Å². The minimum absolute atomic E-state index is 0.0967. The van der Waals surface area contributed by atoms with Crippen LogP contribution < -0.4 is 10.5 Å². The fraction of sp³-hybridized carbons (Fsp3) is 0.500. The Morgan fingerprint density at radius 3 is 2.83 bits per heavy atom. The fourth-order valence-corrected chi connectivity index (χ4v) is 4.49. The molecule has 4 nitrogen and oxygen atoms in total. The van der Waals surface area contributed by atoms with E-state index in [1.807, 2.05) is 0 Å². The van der Waals surface area contributed by atoms with Crippen molar-refractivity contribution in [3.8, 4) is 0 Å². The summed E-state index contributed by atoms with van der Waals surface area (Å²) in [5.41, 5.74) is 6.14. The minimum Gasteiger partial charge on any atom is -0.399 e. The zero-order valence-corrected chi connectivity index (χ0v) is 12.6. The van der Waals surface area contributed by atoms with Gasteiger partial charge in [-0.2, -0.15) is 0 Å². The first-order valence-corrected chi connectivity index (χ1v) is 8.29. The Morgan fingerprint density at radius 2 is 2.22 bits per heavy atom. The van der Waals surface area contributed by atoms with Gasteiger partial charge >= 0.3 is 0 Å². The summed E-state index contributed by atoms with van der Waals surface area (Å²) in [6, 6.07) is 4.82. The highest BCUT2D eigenvalue weighted by Crippen LogP contribution is 2.36. The van der Waals surface area contributed by atoms with Crippen molar-refractivity contribution in [2.45, 2.75) is 37.1 Å². The van der Waals surface area contributed by atoms with E-state index in [-0.39, 0.29) is 10.9 Å². The van der Waals surface area contributed by atoms with Crippen LogP contribution in [0.4, 0.5) is 5.69 Å². The van der Waals surface area contributed by atoms with Gasteiger partial charge in [-0.15, -0.1) is 0 Å². The van der Waals surface area contributed by atoms with Crippen LogP contribution in [-0.2, 0) is 10.0 Å². The molecule has 0 heterocycles. The maximum absolute atomic E-state index is 12.2. The fourth-order valence-electron chi connectivity index (χ4n) is 2.08. The van der Waals surface area contributed by atoms with Crippen molar-refractivity contribution in [2.24, 2.45) is 5.92 Å². The van der Waals surface area contributed by atoms with Crippen LogP contribution in [0.15, 0.2) is 27.6 Å². The van der Waals surface area contributed by atoms with E-state index in [0.29, 0.717) is 16.1 Å². The third-order valence-electron chi connectivity index (χ3n) is 3.13. The van der Waals surface area contributed by atoms with E-state index in [9.17, 15) is 8.42 Å². The highest BCUT2D eigenvalue weighted by molar-refractivity contribution is 9.10. The smallest absolute Gasteiger partial charge is 0.241 e. The molecule has 2 rings (SSSR count). The van der Waals surface area contributed by atoms with E-state index in [1.165, 1.54) is 6.07 Å². The summed E-state index contributed by atoms with van der Waals surface area (Å²) in [4.78, 5) is 0.249. The van der Waals surface area contributed by atoms with Crippen molar-refractivity contribution < 1.29 is 8.42 Å². The zero-order chi connectivity index (χ0) is 13.3. The molecule has 1 aliphatic carbocycles. The van der Waals surface area contributed by atoms with Crippen LogP contribution in [0.2, 0.25) is 0 Å². The van der Waals surface area contributed by atoms with Gasteiger partial charge in [-0.1, -0.05) is 13.3 Å². The molecular formula is C12H17BrN2O2S. The molecule has 100 valence electrons. The zero-order valence-electron chi connectivity index (χ0n) is 10.2. The van der Waals surface area contributed by atoms with E-state index < -0.39 is 10.0 Å². The van der Waals surface area contributed by atoms with Gasteiger partial charge in [0.05, 0.1) is 4.90 Å². The highest BCUT2D eigenvalue weighted by Gasteiger charge is 2.39. The summed E-state index contributed by atoms with van der Waals surface area (Å²) in [5.74, 6) is 0.498. The molecule has 1 fully saturated rings. The Labute approximate surface area is 116 Å². The topological polar surface area (TPSA) is 72.2 Å². The number of halogens is 1. The van der Waals surface area contributed by atoms with Crippen molar-refractivity contribution in [3.63, 3.8) is 0 Å². The molecule has 0 radical (unpaired) electrons. The molecule has 0 aromatic heterocycles.